The van der Waals surface area contributed by atoms with E-state index in [1.54, 1.807) is 0 Å². The summed E-state index contributed by atoms with van der Waals surface area (Å²) >= 11 is 0. The Balaban J connectivity index is 2.18. The lowest BCUT2D eigenvalue weighted by molar-refractivity contribution is -0.146. The van der Waals surface area contributed by atoms with Gasteiger partial charge in [0.25, 0.3) is 0 Å². The molecule has 1 aliphatic rings. The van der Waals surface area contributed by atoms with Crippen molar-refractivity contribution in [3.63, 3.8) is 0 Å². The van der Waals surface area contributed by atoms with Crippen molar-refractivity contribution in [1.29, 1.82) is 0 Å². The molecule has 0 aliphatic heterocycles. The molecule has 1 aromatic rings. The van der Waals surface area contributed by atoms with Crippen LogP contribution < -0.4 is 4.72 Å². The van der Waals surface area contributed by atoms with E-state index in [1.165, 1.54) is 30.8 Å². The predicted molar refractivity (Wildman–Crippen MR) is 64.7 cm³/mol. The zero-order valence-corrected chi connectivity index (χ0v) is 10.9. The minimum absolute atomic E-state index is 0.149. The molecule has 18 heavy (non-hydrogen) atoms. The molecule has 0 unspecified atom stereocenters. The lowest BCUT2D eigenvalue weighted by Crippen LogP contribution is -2.36. The first-order chi connectivity index (χ1) is 8.23. The molecule has 0 radical (unpaired) electrons. The number of aromatic nitrogens is 2. The van der Waals surface area contributed by atoms with E-state index in [0.717, 1.165) is 0 Å². The van der Waals surface area contributed by atoms with Crippen molar-refractivity contribution >= 4 is 21.8 Å². The Morgan fingerprint density at radius 2 is 2.17 bits per heavy atom. The number of carboxylic acid groups (broad SMARTS) is 1. The second kappa shape index (κ2) is 3.98. The summed E-state index contributed by atoms with van der Waals surface area (Å²) in [6.07, 6.45) is 2.77. The normalized spacial score (nSPS) is 16.6. The van der Waals surface area contributed by atoms with E-state index in [4.69, 9.17) is 5.11 Å². The first-order valence-corrected chi connectivity index (χ1v) is 7.09. The summed E-state index contributed by atoms with van der Waals surface area (Å²) in [5.41, 5.74) is -1.22. The van der Waals surface area contributed by atoms with Gasteiger partial charge in [0.15, 0.2) is 11.4 Å². The molecule has 0 bridgehead atoms. The van der Waals surface area contributed by atoms with Gasteiger partial charge in [-0.2, -0.15) is 5.10 Å². The molecule has 0 amide bonds. The predicted octanol–water partition coefficient (Wildman–Crippen LogP) is 0.607. The highest BCUT2D eigenvalue weighted by molar-refractivity contribution is 7.93. The van der Waals surface area contributed by atoms with E-state index in [9.17, 15) is 13.2 Å². The molecule has 2 N–H and O–H groups in total. The van der Waals surface area contributed by atoms with Crippen LogP contribution in [0.25, 0.3) is 0 Å². The average Bonchev–Trinajstić information content (AvgIpc) is 3.00. The van der Waals surface area contributed by atoms with Crippen molar-refractivity contribution in [3.05, 3.63) is 12.3 Å². The van der Waals surface area contributed by atoms with Crippen molar-refractivity contribution in [2.24, 2.45) is 0 Å². The van der Waals surface area contributed by atoms with Crippen molar-refractivity contribution in [2.45, 2.75) is 37.5 Å². The smallest absolute Gasteiger partial charge is 0.331 e. The van der Waals surface area contributed by atoms with Crippen LogP contribution in [0.2, 0.25) is 0 Å². The number of nitrogens with zero attached hydrogens (tertiary/aromatic N) is 2. The third-order valence-corrected chi connectivity index (χ3v) is 4.74. The molecule has 0 atom stereocenters. The molecular weight excluding hydrogens is 258 g/mol. The third kappa shape index (κ3) is 2.33. The molecule has 2 rings (SSSR count). The zero-order chi connectivity index (χ0) is 13.6. The SMILES string of the molecule is CC(C)(C(=O)O)n1ccc(NS(=O)(=O)C2CC2)n1. The van der Waals surface area contributed by atoms with Gasteiger partial charge in [0.05, 0.1) is 5.25 Å². The standard InChI is InChI=1S/C10H15N3O4S/c1-10(2,9(14)15)13-6-5-8(11-13)12-18(16,17)7-3-4-7/h5-7H,3-4H2,1-2H3,(H,11,12)(H,14,15). The Bertz CT molecular complexity index is 572. The van der Waals surface area contributed by atoms with Crippen molar-refractivity contribution in [1.82, 2.24) is 9.78 Å². The van der Waals surface area contributed by atoms with Gasteiger partial charge < -0.3 is 5.11 Å². The van der Waals surface area contributed by atoms with E-state index < -0.39 is 21.5 Å². The molecule has 1 aliphatic carbocycles. The van der Waals surface area contributed by atoms with E-state index >= 15 is 0 Å². The van der Waals surface area contributed by atoms with Gasteiger partial charge in [0, 0.05) is 12.3 Å². The fourth-order valence-corrected chi connectivity index (χ4v) is 2.72. The monoisotopic (exact) mass is 273 g/mol. The summed E-state index contributed by atoms with van der Waals surface area (Å²) in [6, 6.07) is 1.45. The Kier molecular flexibility index (Phi) is 2.84. The second-order valence-corrected chi connectivity index (χ2v) is 6.82. The van der Waals surface area contributed by atoms with Gasteiger partial charge >= 0.3 is 5.97 Å². The largest absolute Gasteiger partial charge is 0.479 e. The van der Waals surface area contributed by atoms with Crippen LogP contribution in [0.15, 0.2) is 12.3 Å². The molecule has 7 nitrogen and oxygen atoms in total. The highest BCUT2D eigenvalue weighted by atomic mass is 32.2. The van der Waals surface area contributed by atoms with Crippen LogP contribution in [-0.4, -0.2) is 34.5 Å². The van der Waals surface area contributed by atoms with Gasteiger partial charge in [-0.05, 0) is 26.7 Å². The lowest BCUT2D eigenvalue weighted by atomic mass is 10.1. The Labute approximate surface area is 105 Å². The molecule has 8 heteroatoms. The fourth-order valence-electron chi connectivity index (χ4n) is 1.40. The third-order valence-electron chi connectivity index (χ3n) is 2.90. The minimum Gasteiger partial charge on any atom is -0.479 e. The number of sulfonamides is 1. The highest BCUT2D eigenvalue weighted by Gasteiger charge is 2.36. The topological polar surface area (TPSA) is 101 Å². The average molecular weight is 273 g/mol. The molecule has 1 saturated carbocycles. The number of carbonyl (C=O) groups is 1. The van der Waals surface area contributed by atoms with Crippen molar-refractivity contribution < 1.29 is 18.3 Å². The first kappa shape index (κ1) is 12.9. The van der Waals surface area contributed by atoms with Crippen LogP contribution in [0.4, 0.5) is 5.82 Å². The van der Waals surface area contributed by atoms with Crippen molar-refractivity contribution in [3.8, 4) is 0 Å². The summed E-state index contributed by atoms with van der Waals surface area (Å²) in [4.78, 5) is 11.0. The summed E-state index contributed by atoms with van der Waals surface area (Å²) in [7, 11) is -3.37. The summed E-state index contributed by atoms with van der Waals surface area (Å²) in [5, 5.41) is 12.6. The number of rotatable bonds is 5. The van der Waals surface area contributed by atoms with E-state index in [1.807, 2.05) is 0 Å². The number of aliphatic carboxylic acids is 1. The van der Waals surface area contributed by atoms with Gasteiger partial charge in [-0.3, -0.25) is 9.40 Å². The number of anilines is 1. The molecule has 0 spiro atoms. The Morgan fingerprint density at radius 1 is 1.56 bits per heavy atom. The van der Waals surface area contributed by atoms with Crippen LogP contribution in [0, 0.1) is 0 Å². The maximum atomic E-state index is 11.7. The molecule has 1 fully saturated rings. The second-order valence-electron chi connectivity index (χ2n) is 4.86. The quantitative estimate of drug-likeness (QED) is 0.818. The van der Waals surface area contributed by atoms with E-state index in [2.05, 4.69) is 9.82 Å². The lowest BCUT2D eigenvalue weighted by Gasteiger charge is -2.19. The van der Waals surface area contributed by atoms with Gasteiger partial charge in [-0.1, -0.05) is 0 Å². The molecule has 1 aromatic heterocycles. The zero-order valence-electron chi connectivity index (χ0n) is 10.1. The van der Waals surface area contributed by atoms with Gasteiger partial charge in [0.2, 0.25) is 10.0 Å². The van der Waals surface area contributed by atoms with Crippen LogP contribution in [0.5, 0.6) is 0 Å². The first-order valence-electron chi connectivity index (χ1n) is 5.54. The molecule has 0 saturated heterocycles. The molecular formula is C10H15N3O4S. The van der Waals surface area contributed by atoms with Gasteiger partial charge in [-0.25, -0.2) is 13.2 Å². The molecule has 0 aromatic carbocycles. The summed E-state index contributed by atoms with van der Waals surface area (Å²) < 4.78 is 26.9. The van der Waals surface area contributed by atoms with Crippen LogP contribution in [0.3, 0.4) is 0 Å². The number of carboxylic acids is 1. The minimum atomic E-state index is -3.37. The summed E-state index contributed by atoms with van der Waals surface area (Å²) in [5.74, 6) is -0.890. The Morgan fingerprint density at radius 3 is 2.67 bits per heavy atom. The number of nitrogens with one attached hydrogen (secondary N) is 1. The van der Waals surface area contributed by atoms with Crippen LogP contribution >= 0.6 is 0 Å². The van der Waals surface area contributed by atoms with Gasteiger partial charge in [0.1, 0.15) is 0 Å². The maximum Gasteiger partial charge on any atom is 0.331 e. The summed E-state index contributed by atoms with van der Waals surface area (Å²) in [6.45, 7) is 2.98. The number of hydrogen-bond acceptors (Lipinski definition) is 4. The van der Waals surface area contributed by atoms with Crippen LogP contribution in [0.1, 0.15) is 26.7 Å². The molecule has 100 valence electrons. The van der Waals surface area contributed by atoms with Crippen LogP contribution in [-0.2, 0) is 20.4 Å². The highest BCUT2D eigenvalue weighted by Crippen LogP contribution is 2.29. The fraction of sp³-hybridized carbons (Fsp3) is 0.600. The maximum absolute atomic E-state index is 11.7. The molecule has 1 heterocycles. The number of hydrogen-bond donors (Lipinski definition) is 2. The van der Waals surface area contributed by atoms with E-state index in [-0.39, 0.29) is 11.1 Å². The Hall–Kier alpha value is -1.57. The van der Waals surface area contributed by atoms with E-state index in [0.29, 0.717) is 12.8 Å². The van der Waals surface area contributed by atoms with Crippen molar-refractivity contribution in [2.75, 3.05) is 4.72 Å². The van der Waals surface area contributed by atoms with Gasteiger partial charge in [-0.15, -0.1) is 0 Å².